The van der Waals surface area contributed by atoms with E-state index in [-0.39, 0.29) is 0 Å². The van der Waals surface area contributed by atoms with Crippen molar-refractivity contribution >= 4 is 17.5 Å². The van der Waals surface area contributed by atoms with Crippen LogP contribution >= 0.6 is 0 Å². The number of hydrogen-bond donors (Lipinski definition) is 2. The summed E-state index contributed by atoms with van der Waals surface area (Å²) in [4.78, 5) is 13.3. The van der Waals surface area contributed by atoms with Gasteiger partial charge in [0.1, 0.15) is 5.82 Å². The molecule has 1 aromatic carbocycles. The lowest BCUT2D eigenvalue weighted by Gasteiger charge is -2.11. The summed E-state index contributed by atoms with van der Waals surface area (Å²) < 4.78 is 0. The van der Waals surface area contributed by atoms with Gasteiger partial charge in [0.05, 0.1) is 12.2 Å². The zero-order valence-electron chi connectivity index (χ0n) is 14.2. The zero-order valence-corrected chi connectivity index (χ0v) is 14.2. The van der Waals surface area contributed by atoms with Gasteiger partial charge < -0.3 is 10.6 Å². The highest BCUT2D eigenvalue weighted by Crippen LogP contribution is 2.19. The van der Waals surface area contributed by atoms with Crippen LogP contribution in [0.2, 0.25) is 0 Å². The van der Waals surface area contributed by atoms with Crippen LogP contribution in [0.25, 0.3) is 0 Å². The molecule has 0 fully saturated rings. The number of pyridine rings is 1. The molecule has 5 nitrogen and oxygen atoms in total. The number of aryl methyl sites for hydroxylation is 3. The van der Waals surface area contributed by atoms with E-state index < -0.39 is 0 Å². The molecule has 0 saturated heterocycles. The molecule has 0 atom stereocenters. The van der Waals surface area contributed by atoms with Crippen LogP contribution in [0.5, 0.6) is 0 Å². The molecule has 0 spiro atoms. The van der Waals surface area contributed by atoms with Crippen molar-refractivity contribution in [1.29, 1.82) is 0 Å². The Kier molecular flexibility index (Phi) is 4.70. The Bertz CT molecular complexity index is 810. The van der Waals surface area contributed by atoms with Gasteiger partial charge in [0.25, 0.3) is 0 Å². The van der Waals surface area contributed by atoms with Gasteiger partial charge in [0.15, 0.2) is 0 Å². The monoisotopic (exact) mass is 319 g/mol. The third-order valence-electron chi connectivity index (χ3n) is 3.51. The highest BCUT2D eigenvalue weighted by Gasteiger charge is 2.04. The zero-order chi connectivity index (χ0) is 16.9. The first kappa shape index (κ1) is 15.9. The number of benzene rings is 1. The van der Waals surface area contributed by atoms with Crippen molar-refractivity contribution in [2.24, 2.45) is 0 Å². The predicted octanol–water partition coefficient (Wildman–Crippen LogP) is 4.15. The fourth-order valence-electron chi connectivity index (χ4n) is 2.57. The molecule has 5 heteroatoms. The quantitative estimate of drug-likeness (QED) is 0.739. The fourth-order valence-corrected chi connectivity index (χ4v) is 2.57. The van der Waals surface area contributed by atoms with Gasteiger partial charge in [-0.25, -0.2) is 4.98 Å². The number of nitrogens with zero attached hydrogens (tertiary/aromatic N) is 3. The molecule has 3 aromatic rings. The van der Waals surface area contributed by atoms with Gasteiger partial charge in [-0.15, -0.1) is 0 Å². The number of aromatic nitrogens is 3. The van der Waals surface area contributed by atoms with E-state index in [4.69, 9.17) is 0 Å². The second kappa shape index (κ2) is 7.08. The summed E-state index contributed by atoms with van der Waals surface area (Å²) in [6.07, 6.45) is 1.79. The maximum absolute atomic E-state index is 4.54. The summed E-state index contributed by atoms with van der Waals surface area (Å²) in [5.74, 6) is 1.36. The van der Waals surface area contributed by atoms with Gasteiger partial charge >= 0.3 is 0 Å². The summed E-state index contributed by atoms with van der Waals surface area (Å²) in [6.45, 7) is 6.74. The van der Waals surface area contributed by atoms with E-state index in [9.17, 15) is 0 Å². The standard InChI is InChI=1S/C19H21N5/c1-13-8-14(2)10-17(9-13)23-19-22-15(3)11-18(24-19)21-12-16-6-4-5-7-20-16/h4-11H,12H2,1-3H3,(H2,21,22,23,24). The number of nitrogens with one attached hydrogen (secondary N) is 2. The largest absolute Gasteiger partial charge is 0.364 e. The van der Waals surface area contributed by atoms with Crippen LogP contribution in [0.1, 0.15) is 22.5 Å². The second-order valence-corrected chi connectivity index (χ2v) is 5.89. The van der Waals surface area contributed by atoms with Crippen molar-refractivity contribution in [1.82, 2.24) is 15.0 Å². The number of anilines is 3. The van der Waals surface area contributed by atoms with Gasteiger partial charge in [0.2, 0.25) is 5.95 Å². The van der Waals surface area contributed by atoms with Gasteiger partial charge in [0, 0.05) is 23.6 Å². The molecule has 2 heterocycles. The number of hydrogen-bond acceptors (Lipinski definition) is 5. The minimum Gasteiger partial charge on any atom is -0.364 e. The van der Waals surface area contributed by atoms with Crippen LogP contribution in [-0.2, 0) is 6.54 Å². The molecular formula is C19H21N5. The molecule has 0 saturated carbocycles. The molecule has 3 rings (SSSR count). The van der Waals surface area contributed by atoms with Gasteiger partial charge in [-0.2, -0.15) is 4.98 Å². The SMILES string of the molecule is Cc1cc(C)cc(Nc2nc(C)cc(NCc3ccccn3)n2)c1. The molecule has 0 aliphatic heterocycles. The van der Waals surface area contributed by atoms with Crippen molar-refractivity contribution < 1.29 is 0 Å². The van der Waals surface area contributed by atoms with Crippen LogP contribution in [0.3, 0.4) is 0 Å². The van der Waals surface area contributed by atoms with Crippen molar-refractivity contribution in [2.45, 2.75) is 27.3 Å². The van der Waals surface area contributed by atoms with E-state index in [1.165, 1.54) is 11.1 Å². The molecule has 122 valence electrons. The summed E-state index contributed by atoms with van der Waals surface area (Å²) in [6, 6.07) is 14.1. The van der Waals surface area contributed by atoms with Crippen LogP contribution in [0, 0.1) is 20.8 Å². The first-order valence-corrected chi connectivity index (χ1v) is 7.93. The fraction of sp³-hybridized carbons (Fsp3) is 0.211. The van der Waals surface area contributed by atoms with Gasteiger partial charge in [-0.05, 0) is 56.2 Å². The molecule has 0 unspecified atom stereocenters. The Balaban J connectivity index is 1.76. The summed E-state index contributed by atoms with van der Waals surface area (Å²) in [5, 5.41) is 6.58. The Hall–Kier alpha value is -2.95. The lowest BCUT2D eigenvalue weighted by Crippen LogP contribution is -2.06. The lowest BCUT2D eigenvalue weighted by molar-refractivity contribution is 1.01. The molecule has 2 N–H and O–H groups in total. The highest BCUT2D eigenvalue weighted by molar-refractivity contribution is 5.57. The van der Waals surface area contributed by atoms with Crippen molar-refractivity contribution in [2.75, 3.05) is 10.6 Å². The Morgan fingerprint density at radius 1 is 0.917 bits per heavy atom. The molecule has 24 heavy (non-hydrogen) atoms. The van der Waals surface area contributed by atoms with E-state index in [1.54, 1.807) is 6.20 Å². The first-order valence-electron chi connectivity index (χ1n) is 7.93. The molecule has 0 aliphatic carbocycles. The smallest absolute Gasteiger partial charge is 0.229 e. The average molecular weight is 319 g/mol. The maximum Gasteiger partial charge on any atom is 0.229 e. The van der Waals surface area contributed by atoms with Gasteiger partial charge in [-0.1, -0.05) is 12.1 Å². The average Bonchev–Trinajstić information content (AvgIpc) is 2.52. The summed E-state index contributed by atoms with van der Waals surface area (Å²) in [7, 11) is 0. The minimum absolute atomic E-state index is 0.587. The predicted molar refractivity (Wildman–Crippen MR) is 97.5 cm³/mol. The van der Waals surface area contributed by atoms with E-state index in [1.807, 2.05) is 31.2 Å². The third-order valence-corrected chi connectivity index (χ3v) is 3.51. The van der Waals surface area contributed by atoms with Crippen LogP contribution in [0.15, 0.2) is 48.7 Å². The molecule has 2 aromatic heterocycles. The van der Waals surface area contributed by atoms with Gasteiger partial charge in [-0.3, -0.25) is 4.98 Å². The van der Waals surface area contributed by atoms with Crippen molar-refractivity contribution in [3.05, 3.63) is 71.2 Å². The lowest BCUT2D eigenvalue weighted by atomic mass is 10.1. The summed E-state index contributed by atoms with van der Waals surface area (Å²) in [5.41, 5.74) is 5.28. The Labute approximate surface area is 142 Å². The second-order valence-electron chi connectivity index (χ2n) is 5.89. The van der Waals surface area contributed by atoms with Crippen molar-refractivity contribution in [3.63, 3.8) is 0 Å². The topological polar surface area (TPSA) is 62.7 Å². The highest BCUT2D eigenvalue weighted by atomic mass is 15.1. The van der Waals surface area contributed by atoms with E-state index in [0.29, 0.717) is 12.5 Å². The van der Waals surface area contributed by atoms with E-state index in [2.05, 4.69) is 57.6 Å². The molecule has 0 radical (unpaired) electrons. The van der Waals surface area contributed by atoms with Crippen LogP contribution in [-0.4, -0.2) is 15.0 Å². The van der Waals surface area contributed by atoms with Crippen LogP contribution in [0.4, 0.5) is 17.5 Å². The molecule has 0 aliphatic rings. The molecule has 0 bridgehead atoms. The maximum atomic E-state index is 4.54. The first-order chi connectivity index (χ1) is 11.6. The van der Waals surface area contributed by atoms with Crippen LogP contribution < -0.4 is 10.6 Å². The molecular weight excluding hydrogens is 298 g/mol. The minimum atomic E-state index is 0.587. The number of rotatable bonds is 5. The van der Waals surface area contributed by atoms with Crippen molar-refractivity contribution in [3.8, 4) is 0 Å². The van der Waals surface area contributed by atoms with E-state index in [0.717, 1.165) is 22.9 Å². The van der Waals surface area contributed by atoms with E-state index >= 15 is 0 Å². The summed E-state index contributed by atoms with van der Waals surface area (Å²) >= 11 is 0. The third kappa shape index (κ3) is 4.29. The molecule has 0 amide bonds. The normalized spacial score (nSPS) is 10.5. The Morgan fingerprint density at radius 3 is 2.42 bits per heavy atom. The Morgan fingerprint density at radius 2 is 1.71 bits per heavy atom.